The minimum absolute atomic E-state index is 0.0856. The van der Waals surface area contributed by atoms with Crippen LogP contribution in [0.2, 0.25) is 20.1 Å². The molecule has 4 saturated carbocycles. The van der Waals surface area contributed by atoms with Crippen LogP contribution >= 0.6 is 69.0 Å². The Balaban J connectivity index is 0.000000140. The topological polar surface area (TPSA) is 91.3 Å². The quantitative estimate of drug-likeness (QED) is 0.0814. The summed E-state index contributed by atoms with van der Waals surface area (Å²) in [4.78, 5) is 42.5. The van der Waals surface area contributed by atoms with Gasteiger partial charge in [-0.15, -0.1) is 0 Å². The highest BCUT2D eigenvalue weighted by atomic mass is 127. The van der Waals surface area contributed by atoms with Crippen LogP contribution in [-0.4, -0.2) is 148 Å². The van der Waals surface area contributed by atoms with Gasteiger partial charge in [-0.3, -0.25) is 19.5 Å². The largest absolute Gasteiger partial charge is 0.354 e. The number of rotatable bonds is 11. The second-order valence-corrected chi connectivity index (χ2v) is 27.4. The molecule has 4 aliphatic heterocycles. The van der Waals surface area contributed by atoms with E-state index in [9.17, 15) is 22.4 Å². The lowest BCUT2D eigenvalue weighted by Crippen LogP contribution is -2.55. The van der Waals surface area contributed by atoms with E-state index in [-0.39, 0.29) is 20.1 Å². The second-order valence-electron chi connectivity index (χ2n) is 24.6. The van der Waals surface area contributed by atoms with Crippen molar-refractivity contribution in [1.82, 2.24) is 34.6 Å². The molecule has 4 aliphatic carbocycles. The molecule has 8 aliphatic rings. The number of anilines is 4. The molecule has 83 heavy (non-hydrogen) atoms. The van der Waals surface area contributed by atoms with Crippen molar-refractivity contribution in [2.45, 2.75) is 175 Å². The highest BCUT2D eigenvalue weighted by molar-refractivity contribution is 14.1. The zero-order valence-electron chi connectivity index (χ0n) is 49.9. The molecule has 4 aromatic rings. The van der Waals surface area contributed by atoms with E-state index in [1.807, 2.05) is 25.1 Å². The predicted octanol–water partition coefficient (Wildman–Crippen LogP) is 14.7. The minimum Gasteiger partial charge on any atom is -0.354 e. The molecule has 7 atom stereocenters. The zero-order valence-corrected chi connectivity index (χ0v) is 55.1. The smallest absolute Gasteiger partial charge is 0.234 e. The van der Waals surface area contributed by atoms with E-state index < -0.39 is 23.8 Å². The molecule has 12 nitrogen and oxygen atoms in total. The van der Waals surface area contributed by atoms with E-state index in [0.29, 0.717) is 77.3 Å². The summed E-state index contributed by atoms with van der Waals surface area (Å²) in [6.45, 7) is 28.9. The lowest BCUT2D eigenvalue weighted by Gasteiger charge is -2.43. The van der Waals surface area contributed by atoms with Crippen molar-refractivity contribution in [2.24, 2.45) is 23.7 Å². The lowest BCUT2D eigenvalue weighted by atomic mass is 10.0. The summed E-state index contributed by atoms with van der Waals surface area (Å²) in [5.74, 6) is 4.01. The highest BCUT2D eigenvalue weighted by Crippen LogP contribution is 2.39. The Bertz CT molecular complexity index is 2670. The molecule has 0 radical (unpaired) electrons. The van der Waals surface area contributed by atoms with Crippen LogP contribution in [0.4, 0.5) is 40.8 Å². The molecule has 0 amide bonds. The van der Waals surface area contributed by atoms with Crippen molar-refractivity contribution < 1.29 is 22.4 Å². The third kappa shape index (κ3) is 18.1. The molecular weight excluding hydrogens is 1260 g/mol. The standard InChI is InChI=1S/C16H23ClFN3.C15H20ClFIN3.C15H21ClFN3.C11H14ClFN2.C5H8O/c1-10-8-14(19-16(18)15(10)17)21-7-6-20(9-11(21)2)12(3)13-4-5-13;1-9-8-20(10(2)11-3-4-11)5-6-21(9)13-7-12(18)14(16)15(17)19-13;1-10-9-19(11(2)12-3-4-12)7-8-20(10)14-6-5-13(16)15(17)18-14;1-8-4-2-3-7-15(8)10-6-5-9(12)11(13)14-10;1-4(6)5-2-3-5/h8,11-13H,4-7,9H2,1-3H3;7,9-11H,3-6,8H2,1-2H3;5-6,10-12H,3-4,7-9H2,1-2H3;5-6,8H,2-4,7H2,1H3;5H,2-3H2,1H3/t11-,12?;9-,10?;10-,11?;8-;/m0000./s1. The molecule has 0 aromatic carbocycles. The van der Waals surface area contributed by atoms with Crippen molar-refractivity contribution in [3.63, 3.8) is 0 Å². The van der Waals surface area contributed by atoms with E-state index in [2.05, 4.69) is 125 Å². The van der Waals surface area contributed by atoms with E-state index in [1.54, 1.807) is 25.1 Å². The highest BCUT2D eigenvalue weighted by Gasteiger charge is 2.39. The molecule has 3 unspecified atom stereocenters. The van der Waals surface area contributed by atoms with Crippen molar-refractivity contribution in [3.8, 4) is 0 Å². The van der Waals surface area contributed by atoms with Crippen LogP contribution in [-0.2, 0) is 4.79 Å². The Morgan fingerprint density at radius 2 is 0.867 bits per heavy atom. The molecular formula is C62H86Cl4F4IN11O. The van der Waals surface area contributed by atoms with E-state index in [4.69, 9.17) is 46.4 Å². The van der Waals surface area contributed by atoms with Crippen molar-refractivity contribution in [2.75, 3.05) is 85.0 Å². The molecule has 12 rings (SSSR count). The number of carbonyl (C=O) groups is 1. The third-order valence-corrected chi connectivity index (χ3v) is 20.8. The first kappa shape index (κ1) is 65.9. The average Bonchev–Trinajstić information content (AvgIpc) is 4.45. The first-order valence-corrected chi connectivity index (χ1v) is 32.9. The first-order chi connectivity index (χ1) is 39.5. The maximum absolute atomic E-state index is 13.8. The van der Waals surface area contributed by atoms with Crippen LogP contribution in [0.1, 0.15) is 132 Å². The van der Waals surface area contributed by atoms with Gasteiger partial charge in [0, 0.05) is 117 Å². The van der Waals surface area contributed by atoms with Crippen LogP contribution in [0.25, 0.3) is 0 Å². The number of ketones is 1. The number of pyridine rings is 4. The van der Waals surface area contributed by atoms with Gasteiger partial charge in [-0.25, -0.2) is 19.9 Å². The van der Waals surface area contributed by atoms with Gasteiger partial charge in [0.2, 0.25) is 23.8 Å². The van der Waals surface area contributed by atoms with Crippen molar-refractivity contribution in [1.29, 1.82) is 0 Å². The van der Waals surface area contributed by atoms with Crippen LogP contribution in [0.5, 0.6) is 0 Å². The lowest BCUT2D eigenvalue weighted by molar-refractivity contribution is -0.118. The normalized spacial score (nSPS) is 24.4. The minimum atomic E-state index is -0.579. The number of aromatic nitrogens is 4. The Kier molecular flexibility index (Phi) is 23.6. The molecule has 4 saturated heterocycles. The van der Waals surface area contributed by atoms with Crippen molar-refractivity contribution >= 4 is 98.0 Å². The van der Waals surface area contributed by atoms with Gasteiger partial charge in [-0.1, -0.05) is 46.4 Å². The fourth-order valence-electron chi connectivity index (χ4n) is 12.1. The number of Topliss-reactive ketones (excluding diaryl/α,β-unsaturated/α-hetero) is 1. The molecule has 21 heteroatoms. The number of nitrogens with zero attached hydrogens (tertiary/aromatic N) is 11. The summed E-state index contributed by atoms with van der Waals surface area (Å²) < 4.78 is 54.9. The van der Waals surface area contributed by atoms with Gasteiger partial charge in [0.15, 0.2) is 0 Å². The molecule has 8 fully saturated rings. The van der Waals surface area contributed by atoms with Crippen LogP contribution in [0, 0.1) is 58.0 Å². The van der Waals surface area contributed by atoms with Gasteiger partial charge in [-0.2, -0.15) is 17.6 Å². The Hall–Kier alpha value is -3.04. The first-order valence-electron chi connectivity index (χ1n) is 30.3. The fraction of sp³-hybridized carbons (Fsp3) is 0.661. The maximum atomic E-state index is 13.8. The summed E-state index contributed by atoms with van der Waals surface area (Å²) in [5, 5.41) is 0.422. The fourth-order valence-corrected chi connectivity index (χ4v) is 13.0. The van der Waals surface area contributed by atoms with Crippen LogP contribution < -0.4 is 19.6 Å². The molecule has 4 aromatic heterocycles. The summed E-state index contributed by atoms with van der Waals surface area (Å²) in [6.07, 6.45) is 14.1. The SMILES string of the molecule is CC(=O)C1CC1.CC(C1CC1)N1CCN(c2cc(I)c(Cl)c(F)n2)[C@@H](C)C1.CC(C1CC1)N1CCN(c2ccc(Cl)c(F)n2)[C@@H](C)C1.C[C@H]1CCCCN1c1ccc(Cl)c(F)n1.Cc1cc(N2CCN(C(C)C3CC3)C[C@@H]2C)nc(F)c1Cl. The second kappa shape index (κ2) is 29.8. The van der Waals surface area contributed by atoms with Crippen LogP contribution in [0.15, 0.2) is 36.4 Å². The Labute approximate surface area is 524 Å². The number of carbonyl (C=O) groups excluding carboxylic acids is 1. The van der Waals surface area contributed by atoms with Gasteiger partial charge in [-0.05, 0) is 215 Å². The van der Waals surface area contributed by atoms with Gasteiger partial charge >= 0.3 is 0 Å². The summed E-state index contributed by atoms with van der Waals surface area (Å²) in [7, 11) is 0. The van der Waals surface area contributed by atoms with E-state index >= 15 is 0 Å². The number of piperidine rings is 1. The zero-order chi connectivity index (χ0) is 60.0. The molecule has 0 N–H and O–H groups in total. The van der Waals surface area contributed by atoms with Crippen molar-refractivity contribution in [3.05, 3.63) is 89.4 Å². The van der Waals surface area contributed by atoms with Gasteiger partial charge in [0.1, 0.15) is 34.1 Å². The number of aryl methyl sites for hydroxylation is 1. The van der Waals surface area contributed by atoms with E-state index in [0.717, 1.165) is 118 Å². The number of halogens is 9. The van der Waals surface area contributed by atoms with Crippen LogP contribution in [0.3, 0.4) is 0 Å². The summed E-state index contributed by atoms with van der Waals surface area (Å²) >= 11 is 25.1. The number of piperazine rings is 3. The monoisotopic (exact) mass is 1340 g/mol. The van der Waals surface area contributed by atoms with Gasteiger partial charge in [0.05, 0.1) is 15.1 Å². The van der Waals surface area contributed by atoms with E-state index in [1.165, 1.54) is 44.9 Å². The Morgan fingerprint density at radius 3 is 1.19 bits per heavy atom. The average molecular weight is 1350 g/mol. The number of hydrogen-bond acceptors (Lipinski definition) is 12. The summed E-state index contributed by atoms with van der Waals surface area (Å²) in [5.41, 5.74) is 0.750. The molecule has 0 bridgehead atoms. The molecule has 458 valence electrons. The Morgan fingerprint density at radius 1 is 0.494 bits per heavy atom. The van der Waals surface area contributed by atoms with Gasteiger partial charge < -0.3 is 19.6 Å². The third-order valence-electron chi connectivity index (χ3n) is 18.3. The molecule has 0 spiro atoms. The molecule has 8 heterocycles. The number of hydrogen-bond donors (Lipinski definition) is 0. The summed E-state index contributed by atoms with van der Waals surface area (Å²) in [6, 6.07) is 14.0. The van der Waals surface area contributed by atoms with Gasteiger partial charge in [0.25, 0.3) is 0 Å². The maximum Gasteiger partial charge on any atom is 0.234 e. The predicted molar refractivity (Wildman–Crippen MR) is 340 cm³/mol.